The van der Waals surface area contributed by atoms with Crippen molar-refractivity contribution >= 4 is 27.3 Å². The second-order valence-corrected chi connectivity index (χ2v) is 5.71. The predicted octanol–water partition coefficient (Wildman–Crippen LogP) is -0.279. The Morgan fingerprint density at radius 1 is 1.40 bits per heavy atom. The van der Waals surface area contributed by atoms with Gasteiger partial charge in [-0.25, -0.2) is 13.1 Å². The molecular weight excluding hydrogens is 288 g/mol. The van der Waals surface area contributed by atoms with Crippen LogP contribution < -0.4 is 16.2 Å². The Kier molecular flexibility index (Phi) is 5.00. The van der Waals surface area contributed by atoms with Crippen molar-refractivity contribution in [1.82, 2.24) is 4.72 Å². The highest BCUT2D eigenvalue weighted by Gasteiger charge is 2.19. The number of nitrogens with two attached hydrogens (primary N) is 2. The minimum Gasteiger partial charge on any atom is -0.393 e. The van der Waals surface area contributed by atoms with E-state index in [0.717, 1.165) is 12.1 Å². The molecule has 20 heavy (non-hydrogen) atoms. The SMILES string of the molecule is NC(=O)CCCNS(=O)(=O)c1ccc(N)c([N+](=O)[O-])c1. The molecule has 1 amide bonds. The number of primary amides is 1. The van der Waals surface area contributed by atoms with Crippen LogP contribution in [-0.2, 0) is 14.8 Å². The molecule has 0 unspecified atom stereocenters. The summed E-state index contributed by atoms with van der Waals surface area (Å²) in [7, 11) is -3.89. The molecule has 5 N–H and O–H groups in total. The van der Waals surface area contributed by atoms with Gasteiger partial charge in [0.25, 0.3) is 5.69 Å². The van der Waals surface area contributed by atoms with E-state index in [9.17, 15) is 23.3 Å². The molecule has 0 saturated carbocycles. The van der Waals surface area contributed by atoms with Gasteiger partial charge in [0.1, 0.15) is 5.69 Å². The molecule has 1 aromatic carbocycles. The number of sulfonamides is 1. The number of anilines is 1. The van der Waals surface area contributed by atoms with Gasteiger partial charge in [0.2, 0.25) is 15.9 Å². The van der Waals surface area contributed by atoms with E-state index in [2.05, 4.69) is 4.72 Å². The number of hydrogen-bond acceptors (Lipinski definition) is 6. The molecule has 110 valence electrons. The fraction of sp³-hybridized carbons (Fsp3) is 0.300. The van der Waals surface area contributed by atoms with Crippen molar-refractivity contribution in [3.63, 3.8) is 0 Å². The molecule has 1 rings (SSSR count). The molecule has 0 spiro atoms. The number of carbonyl (C=O) groups is 1. The molecule has 0 aliphatic rings. The first-order valence-corrected chi connectivity index (χ1v) is 7.04. The largest absolute Gasteiger partial charge is 0.393 e. The number of nitro groups is 1. The molecule has 1 aromatic rings. The van der Waals surface area contributed by atoms with Gasteiger partial charge in [-0.1, -0.05) is 0 Å². The minimum absolute atomic E-state index is 0.00342. The van der Waals surface area contributed by atoms with Crippen LogP contribution in [-0.4, -0.2) is 25.8 Å². The minimum atomic E-state index is -3.89. The van der Waals surface area contributed by atoms with E-state index in [1.54, 1.807) is 0 Å². The molecule has 0 radical (unpaired) electrons. The molecule has 9 nitrogen and oxygen atoms in total. The van der Waals surface area contributed by atoms with Gasteiger partial charge < -0.3 is 11.5 Å². The Balaban J connectivity index is 2.85. The Hall–Kier alpha value is -2.20. The van der Waals surface area contributed by atoms with E-state index in [4.69, 9.17) is 11.5 Å². The van der Waals surface area contributed by atoms with E-state index in [-0.39, 0.29) is 30.0 Å². The van der Waals surface area contributed by atoms with Gasteiger partial charge in [-0.05, 0) is 18.6 Å². The van der Waals surface area contributed by atoms with E-state index in [1.807, 2.05) is 0 Å². The maximum Gasteiger partial charge on any atom is 0.293 e. The Morgan fingerprint density at radius 3 is 2.60 bits per heavy atom. The average Bonchev–Trinajstić information content (AvgIpc) is 2.34. The van der Waals surface area contributed by atoms with Crippen molar-refractivity contribution < 1.29 is 18.1 Å². The Labute approximate surface area is 115 Å². The van der Waals surface area contributed by atoms with Crippen molar-refractivity contribution in [2.75, 3.05) is 12.3 Å². The number of nitrogens with one attached hydrogen (secondary N) is 1. The molecule has 0 aliphatic heterocycles. The Morgan fingerprint density at radius 2 is 2.05 bits per heavy atom. The zero-order valence-corrected chi connectivity index (χ0v) is 11.2. The lowest BCUT2D eigenvalue weighted by Crippen LogP contribution is -2.26. The molecule has 0 heterocycles. The summed E-state index contributed by atoms with van der Waals surface area (Å²) in [5.74, 6) is -0.535. The van der Waals surface area contributed by atoms with Gasteiger partial charge in [-0.3, -0.25) is 14.9 Å². The van der Waals surface area contributed by atoms with Gasteiger partial charge in [0.05, 0.1) is 9.82 Å². The number of hydrogen-bond donors (Lipinski definition) is 3. The number of amides is 1. The third kappa shape index (κ3) is 4.17. The van der Waals surface area contributed by atoms with Gasteiger partial charge in [-0.2, -0.15) is 0 Å². The van der Waals surface area contributed by atoms with E-state index < -0.39 is 26.5 Å². The highest BCUT2D eigenvalue weighted by atomic mass is 32.2. The summed E-state index contributed by atoms with van der Waals surface area (Å²) in [6, 6.07) is 3.20. The molecule has 0 atom stereocenters. The van der Waals surface area contributed by atoms with Crippen molar-refractivity contribution in [3.8, 4) is 0 Å². The third-order valence-electron chi connectivity index (χ3n) is 2.40. The van der Waals surface area contributed by atoms with Crippen LogP contribution in [0.1, 0.15) is 12.8 Å². The third-order valence-corrected chi connectivity index (χ3v) is 3.86. The molecular formula is C10H14N4O5S. The molecule has 0 bridgehead atoms. The summed E-state index contributed by atoms with van der Waals surface area (Å²) in [5.41, 5.74) is 9.69. The van der Waals surface area contributed by atoms with Gasteiger partial charge in [0.15, 0.2) is 0 Å². The summed E-state index contributed by atoms with van der Waals surface area (Å²) >= 11 is 0. The van der Waals surface area contributed by atoms with Gasteiger partial charge >= 0.3 is 0 Å². The van der Waals surface area contributed by atoms with Crippen molar-refractivity contribution in [2.24, 2.45) is 5.73 Å². The first-order valence-electron chi connectivity index (χ1n) is 5.56. The maximum atomic E-state index is 11.9. The monoisotopic (exact) mass is 302 g/mol. The molecule has 0 aliphatic carbocycles. The standard InChI is InChI=1S/C10H14N4O5S/c11-8-4-3-7(6-9(8)14(16)17)20(18,19)13-5-1-2-10(12)15/h3-4,6,13H,1-2,5,11H2,(H2,12,15). The fourth-order valence-electron chi connectivity index (χ4n) is 1.40. The van der Waals surface area contributed by atoms with Gasteiger partial charge in [0, 0.05) is 19.0 Å². The zero-order chi connectivity index (χ0) is 15.3. The summed E-state index contributed by atoms with van der Waals surface area (Å²) in [5, 5.41) is 10.7. The highest BCUT2D eigenvalue weighted by molar-refractivity contribution is 7.89. The number of rotatable bonds is 7. The van der Waals surface area contributed by atoms with Crippen LogP contribution in [0.15, 0.2) is 23.1 Å². The molecule has 10 heteroatoms. The predicted molar refractivity (Wildman–Crippen MR) is 71.1 cm³/mol. The average molecular weight is 302 g/mol. The second kappa shape index (κ2) is 6.30. The normalized spacial score (nSPS) is 11.2. The van der Waals surface area contributed by atoms with Crippen LogP contribution in [0.4, 0.5) is 11.4 Å². The molecule has 0 aromatic heterocycles. The van der Waals surface area contributed by atoms with Crippen LogP contribution >= 0.6 is 0 Å². The van der Waals surface area contributed by atoms with E-state index >= 15 is 0 Å². The summed E-state index contributed by atoms with van der Waals surface area (Å²) in [4.78, 5) is 20.2. The number of nitro benzene ring substituents is 1. The highest BCUT2D eigenvalue weighted by Crippen LogP contribution is 2.24. The smallest absolute Gasteiger partial charge is 0.293 e. The number of carbonyl (C=O) groups excluding carboxylic acids is 1. The quantitative estimate of drug-likeness (QED) is 0.272. The lowest BCUT2D eigenvalue weighted by molar-refractivity contribution is -0.384. The Bertz CT molecular complexity index is 629. The summed E-state index contributed by atoms with van der Waals surface area (Å²) in [6.07, 6.45) is 0.288. The first-order chi connectivity index (χ1) is 9.24. The van der Waals surface area contributed by atoms with Crippen molar-refractivity contribution in [1.29, 1.82) is 0 Å². The van der Waals surface area contributed by atoms with Crippen molar-refractivity contribution in [3.05, 3.63) is 28.3 Å². The van der Waals surface area contributed by atoms with E-state index in [0.29, 0.717) is 0 Å². The molecule has 0 saturated heterocycles. The zero-order valence-electron chi connectivity index (χ0n) is 10.4. The lowest BCUT2D eigenvalue weighted by atomic mass is 10.3. The van der Waals surface area contributed by atoms with Gasteiger partial charge in [-0.15, -0.1) is 0 Å². The molecule has 0 fully saturated rings. The number of benzene rings is 1. The number of nitrogen functional groups attached to an aromatic ring is 1. The van der Waals surface area contributed by atoms with Crippen LogP contribution in [0.25, 0.3) is 0 Å². The van der Waals surface area contributed by atoms with Crippen LogP contribution in [0.3, 0.4) is 0 Å². The summed E-state index contributed by atoms with van der Waals surface area (Å²) < 4.78 is 26.0. The summed E-state index contributed by atoms with van der Waals surface area (Å²) in [6.45, 7) is 0.00342. The second-order valence-electron chi connectivity index (χ2n) is 3.95. The number of nitrogens with zero attached hydrogens (tertiary/aromatic N) is 1. The maximum absolute atomic E-state index is 11.9. The first kappa shape index (κ1) is 15.9. The lowest BCUT2D eigenvalue weighted by Gasteiger charge is -2.06. The fourth-order valence-corrected chi connectivity index (χ4v) is 2.49. The van der Waals surface area contributed by atoms with Crippen LogP contribution in [0, 0.1) is 10.1 Å². The van der Waals surface area contributed by atoms with Crippen LogP contribution in [0.2, 0.25) is 0 Å². The topological polar surface area (TPSA) is 158 Å². The van der Waals surface area contributed by atoms with Crippen LogP contribution in [0.5, 0.6) is 0 Å². The van der Waals surface area contributed by atoms with E-state index in [1.165, 1.54) is 6.07 Å². The van der Waals surface area contributed by atoms with Crippen molar-refractivity contribution in [2.45, 2.75) is 17.7 Å².